The minimum absolute atomic E-state index is 0.917. The van der Waals surface area contributed by atoms with E-state index in [1.807, 2.05) is 72.1 Å². The van der Waals surface area contributed by atoms with Crippen molar-refractivity contribution >= 4 is 5.71 Å². The van der Waals surface area contributed by atoms with Gasteiger partial charge in [0.05, 0.1) is 5.71 Å². The first kappa shape index (κ1) is 24.0. The van der Waals surface area contributed by atoms with Crippen LogP contribution in [0, 0.1) is 0 Å². The molecule has 0 aromatic carbocycles. The first-order valence-electron chi connectivity index (χ1n) is 8.80. The maximum Gasteiger partial charge on any atom is 0.0690 e. The van der Waals surface area contributed by atoms with Crippen molar-refractivity contribution in [2.75, 3.05) is 7.05 Å². The van der Waals surface area contributed by atoms with Crippen molar-refractivity contribution in [1.82, 2.24) is 4.98 Å². The molecule has 0 unspecified atom stereocenters. The molecule has 24 heavy (non-hydrogen) atoms. The van der Waals surface area contributed by atoms with Gasteiger partial charge in [-0.3, -0.25) is 9.98 Å². The summed E-state index contributed by atoms with van der Waals surface area (Å²) in [4.78, 5) is 8.60. The minimum atomic E-state index is 0.917. The van der Waals surface area contributed by atoms with E-state index in [0.29, 0.717) is 0 Å². The van der Waals surface area contributed by atoms with Crippen LogP contribution in [-0.4, -0.2) is 17.7 Å². The summed E-state index contributed by atoms with van der Waals surface area (Å²) >= 11 is 0. The third-order valence-electron chi connectivity index (χ3n) is 2.94. The number of hydrogen-bond donors (Lipinski definition) is 0. The lowest BCUT2D eigenvalue weighted by Crippen LogP contribution is -2.05. The molecule has 0 bridgehead atoms. The van der Waals surface area contributed by atoms with Gasteiger partial charge in [-0.25, -0.2) is 0 Å². The molecule has 1 rings (SSSR count). The molecule has 2 heteroatoms. The van der Waals surface area contributed by atoms with Crippen LogP contribution in [0.25, 0.3) is 0 Å². The number of aromatic nitrogens is 1. The summed E-state index contributed by atoms with van der Waals surface area (Å²) in [6.07, 6.45) is 14.5. The number of aliphatic imine (C=N–C) groups is 1. The second kappa shape index (κ2) is 17.1. The van der Waals surface area contributed by atoms with Gasteiger partial charge >= 0.3 is 0 Å². The van der Waals surface area contributed by atoms with Gasteiger partial charge < -0.3 is 0 Å². The molecule has 0 saturated heterocycles. The first-order chi connectivity index (χ1) is 11.8. The van der Waals surface area contributed by atoms with Crippen LogP contribution in [0.15, 0.2) is 77.6 Å². The van der Waals surface area contributed by atoms with Gasteiger partial charge in [0.2, 0.25) is 0 Å². The molecule has 0 saturated carbocycles. The standard InChI is InChI=1S/C18H22N2.2C2H6/c1-5-8-10-15(6-2)13-16(7-3)18(19-4)17-11-9-12-20-14-17;2*1-2/h5-6,8-14H,1,7H2,2-4H3;2*1-2H3/b10-8-,15-6+,16-13+,19-18?;;. The average Bonchev–Trinajstić information content (AvgIpc) is 2.68. The number of nitrogens with zero attached hydrogens (tertiary/aromatic N) is 2. The highest BCUT2D eigenvalue weighted by molar-refractivity contribution is 6.12. The Bertz CT molecular complexity index is 547. The van der Waals surface area contributed by atoms with Crippen LogP contribution in [0.1, 0.15) is 53.5 Å². The molecular weight excluding hydrogens is 292 g/mol. The van der Waals surface area contributed by atoms with E-state index in [9.17, 15) is 0 Å². The van der Waals surface area contributed by atoms with E-state index in [0.717, 1.165) is 23.3 Å². The van der Waals surface area contributed by atoms with E-state index >= 15 is 0 Å². The molecule has 1 aromatic rings. The van der Waals surface area contributed by atoms with Crippen molar-refractivity contribution in [3.8, 4) is 0 Å². The Balaban J connectivity index is 0. The number of pyridine rings is 1. The Kier molecular flexibility index (Phi) is 17.2. The van der Waals surface area contributed by atoms with E-state index < -0.39 is 0 Å². The zero-order chi connectivity index (χ0) is 18.8. The molecule has 0 atom stereocenters. The molecule has 2 nitrogen and oxygen atoms in total. The van der Waals surface area contributed by atoms with Crippen molar-refractivity contribution < 1.29 is 0 Å². The summed E-state index contributed by atoms with van der Waals surface area (Å²) < 4.78 is 0. The normalized spacial score (nSPS) is 12.0. The smallest absolute Gasteiger partial charge is 0.0690 e. The Hall–Kier alpha value is -2.22. The van der Waals surface area contributed by atoms with E-state index in [-0.39, 0.29) is 0 Å². The molecule has 0 spiro atoms. The maximum atomic E-state index is 4.43. The monoisotopic (exact) mass is 326 g/mol. The third-order valence-corrected chi connectivity index (χ3v) is 2.94. The molecule has 0 aliphatic rings. The summed E-state index contributed by atoms with van der Waals surface area (Å²) in [6.45, 7) is 15.9. The van der Waals surface area contributed by atoms with Crippen molar-refractivity contribution in [1.29, 1.82) is 0 Å². The fraction of sp³-hybridized carbons (Fsp3) is 0.364. The van der Waals surface area contributed by atoms with E-state index in [2.05, 4.69) is 35.6 Å². The maximum absolute atomic E-state index is 4.43. The molecule has 1 aromatic heterocycles. The molecule has 0 aliphatic heterocycles. The molecule has 0 aliphatic carbocycles. The second-order valence-electron chi connectivity index (χ2n) is 4.22. The van der Waals surface area contributed by atoms with Crippen molar-refractivity contribution in [3.63, 3.8) is 0 Å². The lowest BCUT2D eigenvalue weighted by atomic mass is 9.99. The minimum Gasteiger partial charge on any atom is -0.288 e. The van der Waals surface area contributed by atoms with Crippen LogP contribution >= 0.6 is 0 Å². The zero-order valence-electron chi connectivity index (χ0n) is 16.5. The molecular formula is C22H34N2. The Morgan fingerprint density at radius 1 is 1.25 bits per heavy atom. The predicted octanol–water partition coefficient (Wildman–Crippen LogP) is 6.58. The van der Waals surface area contributed by atoms with Gasteiger partial charge in [0.1, 0.15) is 0 Å². The Labute approximate surface area is 149 Å². The summed E-state index contributed by atoms with van der Waals surface area (Å²) in [6, 6.07) is 3.97. The van der Waals surface area contributed by atoms with Gasteiger partial charge in [-0.1, -0.05) is 65.5 Å². The van der Waals surface area contributed by atoms with Crippen molar-refractivity contribution in [2.45, 2.75) is 48.0 Å². The highest BCUT2D eigenvalue weighted by Crippen LogP contribution is 2.15. The quantitative estimate of drug-likeness (QED) is 0.428. The van der Waals surface area contributed by atoms with Gasteiger partial charge in [0.25, 0.3) is 0 Å². The Morgan fingerprint density at radius 3 is 2.33 bits per heavy atom. The average molecular weight is 327 g/mol. The van der Waals surface area contributed by atoms with Crippen LogP contribution in [-0.2, 0) is 0 Å². The molecule has 0 amide bonds. The van der Waals surface area contributed by atoms with Crippen molar-refractivity contribution in [2.24, 2.45) is 4.99 Å². The number of hydrogen-bond acceptors (Lipinski definition) is 2. The summed E-state index contributed by atoms with van der Waals surface area (Å²) in [7, 11) is 1.82. The molecule has 0 fully saturated rings. The molecule has 0 radical (unpaired) electrons. The summed E-state index contributed by atoms with van der Waals surface area (Å²) in [5, 5.41) is 0. The largest absolute Gasteiger partial charge is 0.288 e. The molecule has 0 N–H and O–H groups in total. The van der Waals surface area contributed by atoms with Crippen LogP contribution in [0.2, 0.25) is 0 Å². The first-order valence-corrected chi connectivity index (χ1v) is 8.80. The van der Waals surface area contributed by atoms with E-state index in [4.69, 9.17) is 0 Å². The van der Waals surface area contributed by atoms with Crippen LogP contribution in [0.3, 0.4) is 0 Å². The lowest BCUT2D eigenvalue weighted by Gasteiger charge is -2.09. The summed E-state index contributed by atoms with van der Waals surface area (Å²) in [5.74, 6) is 0. The van der Waals surface area contributed by atoms with Gasteiger partial charge in [0, 0.05) is 25.0 Å². The Morgan fingerprint density at radius 2 is 1.92 bits per heavy atom. The fourth-order valence-corrected chi connectivity index (χ4v) is 1.91. The second-order valence-corrected chi connectivity index (χ2v) is 4.22. The van der Waals surface area contributed by atoms with Crippen molar-refractivity contribution in [3.05, 3.63) is 78.2 Å². The zero-order valence-corrected chi connectivity index (χ0v) is 16.5. The van der Waals surface area contributed by atoms with Gasteiger partial charge in [-0.2, -0.15) is 0 Å². The lowest BCUT2D eigenvalue weighted by molar-refractivity contribution is 1.15. The number of allylic oxidation sites excluding steroid dienone is 7. The SMILES string of the molecule is C=C\C=C/C(=C\C)/C=C(\CC)C(=NC)c1cccnc1.CC.CC. The highest BCUT2D eigenvalue weighted by atomic mass is 14.7. The van der Waals surface area contributed by atoms with Gasteiger partial charge in [-0.15, -0.1) is 0 Å². The number of rotatable bonds is 6. The van der Waals surface area contributed by atoms with E-state index in [1.54, 1.807) is 12.3 Å². The van der Waals surface area contributed by atoms with E-state index in [1.165, 1.54) is 5.57 Å². The highest BCUT2D eigenvalue weighted by Gasteiger charge is 2.07. The van der Waals surface area contributed by atoms with Gasteiger partial charge in [0.15, 0.2) is 0 Å². The van der Waals surface area contributed by atoms with Gasteiger partial charge in [-0.05, 0) is 42.7 Å². The van der Waals surface area contributed by atoms with Crippen LogP contribution in [0.4, 0.5) is 0 Å². The summed E-state index contributed by atoms with van der Waals surface area (Å²) in [5.41, 5.74) is 4.38. The van der Waals surface area contributed by atoms with Crippen LogP contribution in [0.5, 0.6) is 0 Å². The molecule has 132 valence electrons. The third kappa shape index (κ3) is 9.04. The fourth-order valence-electron chi connectivity index (χ4n) is 1.91. The topological polar surface area (TPSA) is 25.2 Å². The molecule has 1 heterocycles. The van der Waals surface area contributed by atoms with Crippen LogP contribution < -0.4 is 0 Å². The predicted molar refractivity (Wildman–Crippen MR) is 111 cm³/mol.